The summed E-state index contributed by atoms with van der Waals surface area (Å²) < 4.78 is 5.68. The van der Waals surface area contributed by atoms with Crippen molar-refractivity contribution in [3.63, 3.8) is 0 Å². The van der Waals surface area contributed by atoms with Crippen LogP contribution in [0, 0.1) is 6.92 Å². The average Bonchev–Trinajstić information content (AvgIpc) is 2.93. The van der Waals surface area contributed by atoms with E-state index in [9.17, 15) is 4.79 Å². The van der Waals surface area contributed by atoms with E-state index in [-0.39, 0.29) is 5.91 Å². The van der Waals surface area contributed by atoms with E-state index in [2.05, 4.69) is 20.6 Å². The van der Waals surface area contributed by atoms with Crippen LogP contribution in [0.15, 0.2) is 48.5 Å². The molecule has 0 atom stereocenters. The number of hydrogen-bond donors (Lipinski definition) is 2. The Kier molecular flexibility index (Phi) is 5.23. The summed E-state index contributed by atoms with van der Waals surface area (Å²) in [6, 6.07) is 14.5. The molecule has 1 aromatic heterocycles. The normalized spacial score (nSPS) is 13.2. The van der Waals surface area contributed by atoms with Crippen LogP contribution in [0.4, 0.5) is 5.69 Å². The molecule has 7 heteroatoms. The van der Waals surface area contributed by atoms with Gasteiger partial charge in [-0.05, 0) is 55.5 Å². The number of hydrogen-bond acceptors (Lipinski definition) is 5. The number of fused-ring (bicyclic) bond motifs is 1. The van der Waals surface area contributed by atoms with Crippen LogP contribution in [0.5, 0.6) is 5.75 Å². The molecule has 1 amide bonds. The Morgan fingerprint density at radius 1 is 1.14 bits per heavy atom. The fourth-order valence-corrected chi connectivity index (χ4v) is 3.13. The molecule has 0 unspecified atom stereocenters. The van der Waals surface area contributed by atoms with Crippen molar-refractivity contribution in [3.8, 4) is 17.1 Å². The molecule has 0 saturated carbocycles. The van der Waals surface area contributed by atoms with E-state index in [1.54, 1.807) is 18.2 Å². The fraction of sp³-hybridized carbons (Fsp3) is 0.190. The van der Waals surface area contributed by atoms with E-state index >= 15 is 0 Å². The van der Waals surface area contributed by atoms with Gasteiger partial charge in [0.1, 0.15) is 18.1 Å². The van der Waals surface area contributed by atoms with Gasteiger partial charge in [-0.15, -0.1) is 0 Å². The average molecular weight is 395 g/mol. The summed E-state index contributed by atoms with van der Waals surface area (Å²) in [6.07, 6.45) is 0. The number of carbonyl (C=O) groups is 1. The first kappa shape index (κ1) is 18.4. The molecule has 3 aromatic rings. The predicted molar refractivity (Wildman–Crippen MR) is 109 cm³/mol. The summed E-state index contributed by atoms with van der Waals surface area (Å²) in [5.41, 5.74) is 3.53. The number of carbonyl (C=O) groups excluding carboxylic acids is 1. The van der Waals surface area contributed by atoms with Crippen molar-refractivity contribution in [3.05, 3.63) is 70.5 Å². The Hall–Kier alpha value is -2.96. The minimum atomic E-state index is -0.289. The summed E-state index contributed by atoms with van der Waals surface area (Å²) in [5.74, 6) is 1.04. The van der Waals surface area contributed by atoms with Crippen LogP contribution in [-0.4, -0.2) is 29.0 Å². The first-order chi connectivity index (χ1) is 13.6. The van der Waals surface area contributed by atoms with Gasteiger partial charge in [0.15, 0.2) is 5.82 Å². The molecule has 1 aliphatic heterocycles. The maximum atomic E-state index is 12.8. The number of halogens is 1. The predicted octanol–water partition coefficient (Wildman–Crippen LogP) is 3.84. The summed E-state index contributed by atoms with van der Waals surface area (Å²) in [6.45, 7) is 3.96. The molecule has 0 radical (unpaired) electrons. The zero-order chi connectivity index (χ0) is 19.5. The van der Waals surface area contributed by atoms with Crippen molar-refractivity contribution >= 4 is 23.2 Å². The lowest BCUT2D eigenvalue weighted by Gasteiger charge is -2.11. The first-order valence-corrected chi connectivity index (χ1v) is 9.36. The number of nitrogens with one attached hydrogen (secondary N) is 2. The molecule has 2 heterocycles. The highest BCUT2D eigenvalue weighted by Crippen LogP contribution is 2.25. The number of anilines is 1. The van der Waals surface area contributed by atoms with Crippen LogP contribution in [0.25, 0.3) is 11.4 Å². The summed E-state index contributed by atoms with van der Waals surface area (Å²) in [4.78, 5) is 21.6. The van der Waals surface area contributed by atoms with E-state index in [1.807, 2.05) is 37.3 Å². The van der Waals surface area contributed by atoms with Crippen molar-refractivity contribution < 1.29 is 9.53 Å². The Morgan fingerprint density at radius 3 is 2.79 bits per heavy atom. The van der Waals surface area contributed by atoms with Crippen LogP contribution >= 0.6 is 11.6 Å². The largest absolute Gasteiger partial charge is 0.492 e. The van der Waals surface area contributed by atoms with Gasteiger partial charge in [-0.3, -0.25) is 4.79 Å². The molecule has 0 aliphatic carbocycles. The Labute approximate surface area is 167 Å². The monoisotopic (exact) mass is 394 g/mol. The third-order valence-electron chi connectivity index (χ3n) is 4.36. The maximum Gasteiger partial charge on any atom is 0.274 e. The van der Waals surface area contributed by atoms with Crippen LogP contribution < -0.4 is 15.4 Å². The first-order valence-electron chi connectivity index (χ1n) is 8.98. The van der Waals surface area contributed by atoms with E-state index in [1.165, 1.54) is 0 Å². The Balaban J connectivity index is 1.58. The molecule has 2 N–H and O–H groups in total. The van der Waals surface area contributed by atoms with Crippen LogP contribution in [0.3, 0.4) is 0 Å². The second-order valence-corrected chi connectivity index (χ2v) is 6.96. The van der Waals surface area contributed by atoms with Gasteiger partial charge in [-0.1, -0.05) is 11.6 Å². The highest BCUT2D eigenvalue weighted by molar-refractivity contribution is 6.30. The minimum absolute atomic E-state index is 0.289. The minimum Gasteiger partial charge on any atom is -0.492 e. The molecular formula is C21H19ClN4O2. The number of nitrogens with zero attached hydrogens (tertiary/aromatic N) is 2. The van der Waals surface area contributed by atoms with Gasteiger partial charge < -0.3 is 15.4 Å². The second-order valence-electron chi connectivity index (χ2n) is 6.53. The number of amides is 1. The van der Waals surface area contributed by atoms with E-state index in [4.69, 9.17) is 16.3 Å². The van der Waals surface area contributed by atoms with Crippen molar-refractivity contribution in [1.82, 2.24) is 15.3 Å². The summed E-state index contributed by atoms with van der Waals surface area (Å²) in [7, 11) is 0. The molecule has 142 valence electrons. The Bertz CT molecular complexity index is 1020. The SMILES string of the molecule is Cc1cc(C(=O)Nc2ccc3c(c2)CNCCO3)nc(-c2ccc(Cl)cc2)n1. The highest BCUT2D eigenvalue weighted by Gasteiger charge is 2.14. The van der Waals surface area contributed by atoms with Gasteiger partial charge in [0.05, 0.1) is 0 Å². The molecule has 0 saturated heterocycles. The van der Waals surface area contributed by atoms with Crippen molar-refractivity contribution in [1.29, 1.82) is 0 Å². The van der Waals surface area contributed by atoms with Gasteiger partial charge in [-0.25, -0.2) is 9.97 Å². The molecule has 28 heavy (non-hydrogen) atoms. The van der Waals surface area contributed by atoms with Gasteiger partial charge in [0.2, 0.25) is 0 Å². The van der Waals surface area contributed by atoms with Crippen molar-refractivity contribution in [2.24, 2.45) is 0 Å². The Morgan fingerprint density at radius 2 is 1.96 bits per heavy atom. The molecule has 0 spiro atoms. The van der Waals surface area contributed by atoms with E-state index < -0.39 is 0 Å². The molecule has 0 bridgehead atoms. The lowest BCUT2D eigenvalue weighted by atomic mass is 10.1. The molecule has 6 nitrogen and oxygen atoms in total. The van der Waals surface area contributed by atoms with Crippen LogP contribution in [0.1, 0.15) is 21.7 Å². The third kappa shape index (κ3) is 4.13. The van der Waals surface area contributed by atoms with Gasteiger partial charge >= 0.3 is 0 Å². The number of ether oxygens (including phenoxy) is 1. The molecule has 2 aromatic carbocycles. The van der Waals surface area contributed by atoms with Crippen LogP contribution in [0.2, 0.25) is 5.02 Å². The zero-order valence-corrected chi connectivity index (χ0v) is 16.1. The molecule has 0 fully saturated rings. The quantitative estimate of drug-likeness (QED) is 0.705. The lowest BCUT2D eigenvalue weighted by Crippen LogP contribution is -2.16. The molecular weight excluding hydrogens is 376 g/mol. The van der Waals surface area contributed by atoms with Crippen molar-refractivity contribution in [2.75, 3.05) is 18.5 Å². The topological polar surface area (TPSA) is 76.1 Å². The number of rotatable bonds is 3. The maximum absolute atomic E-state index is 12.8. The third-order valence-corrected chi connectivity index (χ3v) is 4.61. The van der Waals surface area contributed by atoms with Gasteiger partial charge in [-0.2, -0.15) is 0 Å². The molecule has 4 rings (SSSR count). The number of aromatic nitrogens is 2. The van der Waals surface area contributed by atoms with Crippen LogP contribution in [-0.2, 0) is 6.54 Å². The number of benzene rings is 2. The van der Waals surface area contributed by atoms with Gasteiger partial charge in [0, 0.05) is 40.6 Å². The molecule has 1 aliphatic rings. The lowest BCUT2D eigenvalue weighted by molar-refractivity contribution is 0.102. The number of aryl methyl sites for hydroxylation is 1. The summed E-state index contributed by atoms with van der Waals surface area (Å²) >= 11 is 5.94. The highest BCUT2D eigenvalue weighted by atomic mass is 35.5. The zero-order valence-electron chi connectivity index (χ0n) is 15.3. The standard InChI is InChI=1S/C21H19ClN4O2/c1-13-10-18(26-20(24-13)14-2-4-16(22)5-3-14)21(27)25-17-6-7-19-15(11-17)12-23-8-9-28-19/h2-7,10-11,23H,8-9,12H2,1H3,(H,25,27). The van der Waals surface area contributed by atoms with Gasteiger partial charge in [0.25, 0.3) is 5.91 Å². The second kappa shape index (κ2) is 7.96. The van der Waals surface area contributed by atoms with Crippen molar-refractivity contribution in [2.45, 2.75) is 13.5 Å². The van der Waals surface area contributed by atoms with E-state index in [0.717, 1.165) is 23.4 Å². The van der Waals surface area contributed by atoms with E-state index in [0.29, 0.717) is 41.1 Å². The fourth-order valence-electron chi connectivity index (χ4n) is 3.00. The summed E-state index contributed by atoms with van der Waals surface area (Å²) in [5, 5.41) is 6.83. The smallest absolute Gasteiger partial charge is 0.274 e.